The van der Waals surface area contributed by atoms with Crippen LogP contribution in [0, 0.1) is 0 Å². The van der Waals surface area contributed by atoms with Crippen LogP contribution in [0.15, 0.2) is 67.0 Å². The van der Waals surface area contributed by atoms with Gasteiger partial charge in [0.05, 0.1) is 5.69 Å². The van der Waals surface area contributed by atoms with Gasteiger partial charge in [-0.1, -0.05) is 6.07 Å². The number of nitrogens with one attached hydrogen (secondary N) is 1. The molecule has 0 aliphatic heterocycles. The molecule has 5 nitrogen and oxygen atoms in total. The largest absolute Gasteiger partial charge is 0.378 e. The Morgan fingerprint density at radius 1 is 1.09 bits per heavy atom. The standard InChI is InChI=1S/C18H18N4O/c1-21(2)17-6-3-5-14(13-17)18(23)20-15-7-9-16(10-8-15)22-12-4-11-19-22/h3-13H,1-2H3,(H,20,23). The number of anilines is 2. The van der Waals surface area contributed by atoms with Crippen molar-refractivity contribution < 1.29 is 4.79 Å². The molecule has 0 aliphatic rings. The smallest absolute Gasteiger partial charge is 0.255 e. The Kier molecular flexibility index (Phi) is 4.10. The molecule has 116 valence electrons. The monoisotopic (exact) mass is 306 g/mol. The third-order valence-electron chi connectivity index (χ3n) is 3.52. The fourth-order valence-electron chi connectivity index (χ4n) is 2.25. The van der Waals surface area contributed by atoms with Gasteiger partial charge in [-0.15, -0.1) is 0 Å². The zero-order valence-electron chi connectivity index (χ0n) is 13.1. The Balaban J connectivity index is 1.74. The highest BCUT2D eigenvalue weighted by Crippen LogP contribution is 2.16. The average Bonchev–Trinajstić information content (AvgIpc) is 3.10. The van der Waals surface area contributed by atoms with Crippen molar-refractivity contribution >= 4 is 17.3 Å². The highest BCUT2D eigenvalue weighted by atomic mass is 16.1. The number of amides is 1. The molecule has 0 radical (unpaired) electrons. The van der Waals surface area contributed by atoms with Gasteiger partial charge >= 0.3 is 0 Å². The number of nitrogens with zero attached hydrogens (tertiary/aromatic N) is 3. The third kappa shape index (κ3) is 3.40. The maximum Gasteiger partial charge on any atom is 0.255 e. The van der Waals surface area contributed by atoms with E-state index in [1.165, 1.54) is 0 Å². The Hall–Kier alpha value is -3.08. The molecule has 0 unspecified atom stereocenters. The average molecular weight is 306 g/mol. The molecule has 1 heterocycles. The Morgan fingerprint density at radius 2 is 1.87 bits per heavy atom. The van der Waals surface area contributed by atoms with Gasteiger partial charge in [-0.05, 0) is 48.5 Å². The quantitative estimate of drug-likeness (QED) is 0.805. The van der Waals surface area contributed by atoms with Crippen molar-refractivity contribution in [1.29, 1.82) is 0 Å². The first-order valence-electron chi connectivity index (χ1n) is 7.32. The van der Waals surface area contributed by atoms with E-state index in [-0.39, 0.29) is 5.91 Å². The minimum atomic E-state index is -0.125. The van der Waals surface area contributed by atoms with Gasteiger partial charge in [0.1, 0.15) is 0 Å². The summed E-state index contributed by atoms with van der Waals surface area (Å²) in [5.74, 6) is -0.125. The summed E-state index contributed by atoms with van der Waals surface area (Å²) in [7, 11) is 3.90. The number of aromatic nitrogens is 2. The van der Waals surface area contributed by atoms with E-state index >= 15 is 0 Å². The number of carbonyl (C=O) groups excluding carboxylic acids is 1. The normalized spacial score (nSPS) is 10.3. The molecule has 0 bridgehead atoms. The molecule has 0 saturated heterocycles. The first kappa shape index (κ1) is 14.8. The second kappa shape index (κ2) is 6.36. The summed E-state index contributed by atoms with van der Waals surface area (Å²) in [6.07, 6.45) is 3.60. The van der Waals surface area contributed by atoms with Crippen molar-refractivity contribution in [3.63, 3.8) is 0 Å². The number of rotatable bonds is 4. The van der Waals surface area contributed by atoms with Crippen molar-refractivity contribution in [2.45, 2.75) is 0 Å². The molecule has 3 aromatic rings. The predicted octanol–water partition coefficient (Wildman–Crippen LogP) is 3.19. The Labute approximate surface area is 135 Å². The first-order valence-corrected chi connectivity index (χ1v) is 7.32. The molecule has 23 heavy (non-hydrogen) atoms. The van der Waals surface area contributed by atoms with Gasteiger partial charge in [-0.2, -0.15) is 5.10 Å². The summed E-state index contributed by atoms with van der Waals surface area (Å²) >= 11 is 0. The molecule has 0 saturated carbocycles. The van der Waals surface area contributed by atoms with Gasteiger partial charge in [0, 0.05) is 43.4 Å². The van der Waals surface area contributed by atoms with Gasteiger partial charge in [0.2, 0.25) is 0 Å². The summed E-state index contributed by atoms with van der Waals surface area (Å²) in [6, 6.07) is 17.0. The van der Waals surface area contributed by atoms with E-state index in [4.69, 9.17) is 0 Å². The van der Waals surface area contributed by atoms with E-state index in [9.17, 15) is 4.79 Å². The van der Waals surface area contributed by atoms with Gasteiger partial charge in [-0.3, -0.25) is 4.79 Å². The maximum atomic E-state index is 12.4. The minimum absolute atomic E-state index is 0.125. The molecule has 0 spiro atoms. The van der Waals surface area contributed by atoms with Crippen LogP contribution >= 0.6 is 0 Å². The SMILES string of the molecule is CN(C)c1cccc(C(=O)Nc2ccc(-n3cccn3)cc2)c1. The summed E-state index contributed by atoms with van der Waals surface area (Å²) in [4.78, 5) is 14.3. The summed E-state index contributed by atoms with van der Waals surface area (Å²) in [5, 5.41) is 7.09. The van der Waals surface area contributed by atoms with Crippen LogP contribution in [0.2, 0.25) is 0 Å². The molecule has 2 aromatic carbocycles. The summed E-state index contributed by atoms with van der Waals surface area (Å²) in [5.41, 5.74) is 3.32. The zero-order valence-corrected chi connectivity index (χ0v) is 13.1. The van der Waals surface area contributed by atoms with Gasteiger partial charge in [-0.25, -0.2) is 4.68 Å². The zero-order chi connectivity index (χ0) is 16.2. The third-order valence-corrected chi connectivity index (χ3v) is 3.52. The van der Waals surface area contributed by atoms with Gasteiger partial charge in [0.15, 0.2) is 0 Å². The molecular weight excluding hydrogens is 288 g/mol. The number of benzene rings is 2. The maximum absolute atomic E-state index is 12.4. The number of carbonyl (C=O) groups is 1. The Bertz CT molecular complexity index is 792. The van der Waals surface area contributed by atoms with E-state index < -0.39 is 0 Å². The number of hydrogen-bond acceptors (Lipinski definition) is 3. The molecule has 5 heteroatoms. The number of hydrogen-bond donors (Lipinski definition) is 1. The lowest BCUT2D eigenvalue weighted by atomic mass is 10.1. The fraction of sp³-hybridized carbons (Fsp3) is 0.111. The van der Waals surface area contributed by atoms with E-state index in [0.29, 0.717) is 5.56 Å². The molecule has 0 atom stereocenters. The molecular formula is C18H18N4O. The van der Waals surface area contributed by atoms with Crippen LogP contribution in [0.5, 0.6) is 0 Å². The highest BCUT2D eigenvalue weighted by Gasteiger charge is 2.08. The van der Waals surface area contributed by atoms with Gasteiger partial charge < -0.3 is 10.2 Å². The van der Waals surface area contributed by atoms with Crippen LogP contribution in [-0.2, 0) is 0 Å². The van der Waals surface area contributed by atoms with Crippen LogP contribution in [0.1, 0.15) is 10.4 Å². The van der Waals surface area contributed by atoms with Crippen LogP contribution in [-0.4, -0.2) is 29.8 Å². The van der Waals surface area contributed by atoms with Crippen LogP contribution < -0.4 is 10.2 Å². The molecule has 1 aromatic heterocycles. The Morgan fingerprint density at radius 3 is 2.52 bits per heavy atom. The van der Waals surface area contributed by atoms with Crippen LogP contribution in [0.3, 0.4) is 0 Å². The van der Waals surface area contributed by atoms with E-state index in [1.54, 1.807) is 16.9 Å². The summed E-state index contributed by atoms with van der Waals surface area (Å²) in [6.45, 7) is 0. The molecule has 0 aliphatic carbocycles. The van der Waals surface area contributed by atoms with Crippen molar-refractivity contribution in [2.24, 2.45) is 0 Å². The van der Waals surface area contributed by atoms with Crippen LogP contribution in [0.25, 0.3) is 5.69 Å². The second-order valence-electron chi connectivity index (χ2n) is 5.40. The van der Waals surface area contributed by atoms with Gasteiger partial charge in [0.25, 0.3) is 5.91 Å². The lowest BCUT2D eigenvalue weighted by Crippen LogP contribution is -2.14. The second-order valence-corrected chi connectivity index (χ2v) is 5.40. The fourth-order valence-corrected chi connectivity index (χ4v) is 2.25. The molecule has 1 N–H and O–H groups in total. The van der Waals surface area contributed by atoms with E-state index in [0.717, 1.165) is 17.1 Å². The lowest BCUT2D eigenvalue weighted by molar-refractivity contribution is 0.102. The van der Waals surface area contributed by atoms with Crippen molar-refractivity contribution in [2.75, 3.05) is 24.3 Å². The first-order chi connectivity index (χ1) is 11.1. The summed E-state index contributed by atoms with van der Waals surface area (Å²) < 4.78 is 1.77. The predicted molar refractivity (Wildman–Crippen MR) is 92.3 cm³/mol. The molecule has 0 fully saturated rings. The van der Waals surface area contributed by atoms with Crippen molar-refractivity contribution in [3.8, 4) is 5.69 Å². The highest BCUT2D eigenvalue weighted by molar-refractivity contribution is 6.04. The molecule has 1 amide bonds. The van der Waals surface area contributed by atoms with E-state index in [2.05, 4.69) is 10.4 Å². The van der Waals surface area contributed by atoms with Crippen LogP contribution in [0.4, 0.5) is 11.4 Å². The van der Waals surface area contributed by atoms with E-state index in [1.807, 2.05) is 73.7 Å². The van der Waals surface area contributed by atoms with Crippen molar-refractivity contribution in [3.05, 3.63) is 72.6 Å². The lowest BCUT2D eigenvalue weighted by Gasteiger charge is -2.13. The molecule has 3 rings (SSSR count). The van der Waals surface area contributed by atoms with Crippen molar-refractivity contribution in [1.82, 2.24) is 9.78 Å². The minimum Gasteiger partial charge on any atom is -0.378 e. The topological polar surface area (TPSA) is 50.2 Å².